The maximum atomic E-state index is 13.0. The van der Waals surface area contributed by atoms with Crippen LogP contribution in [0.15, 0.2) is 42.5 Å². The standard InChI is InChI=1S/C16H17FN2OS/c1-19(10-11-3-5-12(17)6-4-11)15-9-13(20-2)7-8-14(15)16(18)21/h3-9H,10H2,1-2H3,(H2,18,21). The van der Waals surface area contributed by atoms with Crippen LogP contribution in [0.25, 0.3) is 0 Å². The molecular weight excluding hydrogens is 287 g/mol. The van der Waals surface area contributed by atoms with E-state index in [0.717, 1.165) is 22.6 Å². The number of hydrogen-bond acceptors (Lipinski definition) is 3. The largest absolute Gasteiger partial charge is 0.497 e. The first-order valence-corrected chi connectivity index (χ1v) is 6.85. The van der Waals surface area contributed by atoms with Gasteiger partial charge in [-0.1, -0.05) is 24.4 Å². The summed E-state index contributed by atoms with van der Waals surface area (Å²) in [6.07, 6.45) is 0. The molecular formula is C16H17FN2OS. The van der Waals surface area contributed by atoms with Gasteiger partial charge in [0.1, 0.15) is 16.6 Å². The van der Waals surface area contributed by atoms with E-state index in [4.69, 9.17) is 22.7 Å². The average Bonchev–Trinajstić information content (AvgIpc) is 2.48. The Morgan fingerprint density at radius 3 is 2.48 bits per heavy atom. The van der Waals surface area contributed by atoms with E-state index in [1.165, 1.54) is 12.1 Å². The Morgan fingerprint density at radius 2 is 1.90 bits per heavy atom. The average molecular weight is 304 g/mol. The van der Waals surface area contributed by atoms with Crippen molar-refractivity contribution in [2.24, 2.45) is 5.73 Å². The van der Waals surface area contributed by atoms with Crippen molar-refractivity contribution in [2.75, 3.05) is 19.1 Å². The molecule has 0 aliphatic rings. The minimum Gasteiger partial charge on any atom is -0.497 e. The normalized spacial score (nSPS) is 10.2. The Hall–Kier alpha value is -2.14. The zero-order valence-electron chi connectivity index (χ0n) is 12.0. The van der Waals surface area contributed by atoms with E-state index >= 15 is 0 Å². The number of nitrogens with zero attached hydrogens (tertiary/aromatic N) is 1. The molecule has 2 N–H and O–H groups in total. The Labute approximate surface area is 129 Å². The second kappa shape index (κ2) is 6.54. The molecule has 110 valence electrons. The number of halogens is 1. The van der Waals surface area contributed by atoms with Crippen molar-refractivity contribution in [3.05, 3.63) is 59.4 Å². The smallest absolute Gasteiger partial charge is 0.123 e. The zero-order valence-corrected chi connectivity index (χ0v) is 12.8. The zero-order chi connectivity index (χ0) is 15.4. The van der Waals surface area contributed by atoms with E-state index in [2.05, 4.69) is 0 Å². The van der Waals surface area contributed by atoms with E-state index in [-0.39, 0.29) is 5.82 Å². The summed E-state index contributed by atoms with van der Waals surface area (Å²) in [5, 5.41) is 0. The second-order valence-electron chi connectivity index (χ2n) is 4.73. The van der Waals surface area contributed by atoms with Crippen LogP contribution in [0, 0.1) is 5.82 Å². The summed E-state index contributed by atoms with van der Waals surface area (Å²) >= 11 is 5.09. The number of anilines is 1. The minimum atomic E-state index is -0.244. The molecule has 0 saturated heterocycles. The molecule has 0 spiro atoms. The molecule has 0 aliphatic carbocycles. The summed E-state index contributed by atoms with van der Waals surface area (Å²) in [7, 11) is 3.54. The summed E-state index contributed by atoms with van der Waals surface area (Å²) in [5.41, 5.74) is 8.44. The van der Waals surface area contributed by atoms with Crippen LogP contribution in [0.5, 0.6) is 5.75 Å². The van der Waals surface area contributed by atoms with E-state index in [1.54, 1.807) is 19.2 Å². The van der Waals surface area contributed by atoms with Gasteiger partial charge in [-0.25, -0.2) is 4.39 Å². The Balaban J connectivity index is 2.30. The lowest BCUT2D eigenvalue weighted by atomic mass is 10.1. The predicted octanol–water partition coefficient (Wildman–Crippen LogP) is 3.10. The van der Waals surface area contributed by atoms with Crippen molar-refractivity contribution < 1.29 is 9.13 Å². The summed E-state index contributed by atoms with van der Waals surface area (Å²) < 4.78 is 18.2. The monoisotopic (exact) mass is 304 g/mol. The number of methoxy groups -OCH3 is 1. The third-order valence-electron chi connectivity index (χ3n) is 3.21. The van der Waals surface area contributed by atoms with Gasteiger partial charge in [-0.2, -0.15) is 0 Å². The van der Waals surface area contributed by atoms with Crippen molar-refractivity contribution in [2.45, 2.75) is 6.54 Å². The van der Waals surface area contributed by atoms with Crippen LogP contribution in [-0.4, -0.2) is 19.1 Å². The molecule has 0 bridgehead atoms. The molecule has 5 heteroatoms. The van der Waals surface area contributed by atoms with Gasteiger partial charge in [0.25, 0.3) is 0 Å². The van der Waals surface area contributed by atoms with Crippen molar-refractivity contribution >= 4 is 22.9 Å². The topological polar surface area (TPSA) is 38.5 Å². The van der Waals surface area contributed by atoms with Crippen LogP contribution >= 0.6 is 12.2 Å². The van der Waals surface area contributed by atoms with Gasteiger partial charge in [0, 0.05) is 25.2 Å². The van der Waals surface area contributed by atoms with Crippen LogP contribution in [0.4, 0.5) is 10.1 Å². The van der Waals surface area contributed by atoms with Gasteiger partial charge in [-0.3, -0.25) is 0 Å². The first-order chi connectivity index (χ1) is 10.0. The Kier molecular flexibility index (Phi) is 4.75. The fourth-order valence-corrected chi connectivity index (χ4v) is 2.28. The third-order valence-corrected chi connectivity index (χ3v) is 3.43. The number of ether oxygens (including phenoxy) is 1. The fourth-order valence-electron chi connectivity index (χ4n) is 2.11. The quantitative estimate of drug-likeness (QED) is 0.862. The van der Waals surface area contributed by atoms with Crippen LogP contribution in [0.1, 0.15) is 11.1 Å². The number of nitrogens with two attached hydrogens (primary N) is 1. The second-order valence-corrected chi connectivity index (χ2v) is 5.17. The van der Waals surface area contributed by atoms with Crippen LogP contribution in [-0.2, 0) is 6.54 Å². The third kappa shape index (κ3) is 3.70. The molecule has 0 amide bonds. The number of thiocarbonyl (C=S) groups is 1. The molecule has 2 aromatic carbocycles. The van der Waals surface area contributed by atoms with Gasteiger partial charge in [0.15, 0.2) is 0 Å². The number of hydrogen-bond donors (Lipinski definition) is 1. The Bertz CT molecular complexity index is 643. The van der Waals surface area contributed by atoms with E-state index in [1.807, 2.05) is 30.1 Å². The molecule has 0 unspecified atom stereocenters. The Morgan fingerprint density at radius 1 is 1.24 bits per heavy atom. The van der Waals surface area contributed by atoms with Crippen molar-refractivity contribution in [1.82, 2.24) is 0 Å². The molecule has 0 atom stereocenters. The van der Waals surface area contributed by atoms with Gasteiger partial charge in [-0.15, -0.1) is 0 Å². The predicted molar refractivity (Wildman–Crippen MR) is 87.4 cm³/mol. The lowest BCUT2D eigenvalue weighted by Gasteiger charge is -2.23. The highest BCUT2D eigenvalue weighted by Crippen LogP contribution is 2.26. The molecule has 0 fully saturated rings. The van der Waals surface area contributed by atoms with Gasteiger partial charge in [-0.05, 0) is 29.8 Å². The van der Waals surface area contributed by atoms with Gasteiger partial charge >= 0.3 is 0 Å². The summed E-state index contributed by atoms with van der Waals surface area (Å²) in [6.45, 7) is 0.614. The van der Waals surface area contributed by atoms with Gasteiger partial charge < -0.3 is 15.4 Å². The minimum absolute atomic E-state index is 0.244. The number of benzene rings is 2. The molecule has 0 radical (unpaired) electrons. The SMILES string of the molecule is COc1ccc(C(N)=S)c(N(C)Cc2ccc(F)cc2)c1. The van der Waals surface area contributed by atoms with Gasteiger partial charge in [0.05, 0.1) is 12.8 Å². The van der Waals surface area contributed by atoms with E-state index in [0.29, 0.717) is 11.5 Å². The molecule has 0 aliphatic heterocycles. The van der Waals surface area contributed by atoms with Crippen LogP contribution in [0.3, 0.4) is 0 Å². The van der Waals surface area contributed by atoms with Crippen molar-refractivity contribution in [1.29, 1.82) is 0 Å². The molecule has 0 aromatic heterocycles. The first-order valence-electron chi connectivity index (χ1n) is 6.44. The molecule has 0 heterocycles. The molecule has 0 saturated carbocycles. The van der Waals surface area contributed by atoms with E-state index in [9.17, 15) is 4.39 Å². The number of rotatable bonds is 5. The van der Waals surface area contributed by atoms with Gasteiger partial charge in [0.2, 0.25) is 0 Å². The van der Waals surface area contributed by atoms with Crippen LogP contribution < -0.4 is 15.4 Å². The lowest BCUT2D eigenvalue weighted by Crippen LogP contribution is -2.21. The maximum absolute atomic E-state index is 13.0. The highest BCUT2D eigenvalue weighted by atomic mass is 32.1. The summed E-state index contributed by atoms with van der Waals surface area (Å²) in [5.74, 6) is 0.488. The van der Waals surface area contributed by atoms with Crippen molar-refractivity contribution in [3.63, 3.8) is 0 Å². The summed E-state index contributed by atoms with van der Waals surface area (Å²) in [4.78, 5) is 2.34. The highest BCUT2D eigenvalue weighted by Gasteiger charge is 2.11. The maximum Gasteiger partial charge on any atom is 0.123 e. The molecule has 21 heavy (non-hydrogen) atoms. The van der Waals surface area contributed by atoms with E-state index < -0.39 is 0 Å². The van der Waals surface area contributed by atoms with Crippen molar-refractivity contribution in [3.8, 4) is 5.75 Å². The first kappa shape index (κ1) is 15.3. The molecule has 3 nitrogen and oxygen atoms in total. The van der Waals surface area contributed by atoms with Crippen LogP contribution in [0.2, 0.25) is 0 Å². The fraction of sp³-hybridized carbons (Fsp3) is 0.188. The molecule has 2 rings (SSSR count). The lowest BCUT2D eigenvalue weighted by molar-refractivity contribution is 0.415. The highest BCUT2D eigenvalue weighted by molar-refractivity contribution is 7.80. The molecule has 2 aromatic rings. The summed E-state index contributed by atoms with van der Waals surface area (Å²) in [6, 6.07) is 12.0.